The largest absolute Gasteiger partial charge is 0.340 e. The smallest absolute Gasteiger partial charge is 0.223 e. The first-order valence-electron chi connectivity index (χ1n) is 4.30. The van der Waals surface area contributed by atoms with Gasteiger partial charge in [-0.25, -0.2) is 0 Å². The quantitative estimate of drug-likeness (QED) is 0.532. The predicted molar refractivity (Wildman–Crippen MR) is 58.5 cm³/mol. The van der Waals surface area contributed by atoms with Gasteiger partial charge in [-0.2, -0.15) is 0 Å². The van der Waals surface area contributed by atoms with E-state index >= 15 is 0 Å². The molecule has 3 heteroatoms. The van der Waals surface area contributed by atoms with Gasteiger partial charge >= 0.3 is 0 Å². The molecule has 70 valence electrons. The third-order valence-corrected chi connectivity index (χ3v) is 2.66. The van der Waals surface area contributed by atoms with Gasteiger partial charge in [0.2, 0.25) is 5.91 Å². The molecule has 1 fully saturated rings. The maximum Gasteiger partial charge on any atom is 0.223 e. The zero-order valence-electron chi connectivity index (χ0n) is 7.93. The Morgan fingerprint density at radius 2 is 2.00 bits per heavy atom. The lowest BCUT2D eigenvalue weighted by atomic mass is 9.91. The Kier molecular flexibility index (Phi) is 3.01. The monoisotopic (exact) mass is 281 g/mol. The maximum absolute atomic E-state index is 11.5. The number of halogens is 1. The maximum atomic E-state index is 11.5. The van der Waals surface area contributed by atoms with Gasteiger partial charge < -0.3 is 4.90 Å². The van der Waals surface area contributed by atoms with Crippen LogP contribution in [-0.4, -0.2) is 27.8 Å². The van der Waals surface area contributed by atoms with Crippen molar-refractivity contribution >= 4 is 28.5 Å². The Morgan fingerprint density at radius 3 is 2.33 bits per heavy atom. The van der Waals surface area contributed by atoms with E-state index in [0.29, 0.717) is 16.3 Å². The first kappa shape index (κ1) is 10.3. The molecule has 12 heavy (non-hydrogen) atoms. The molecule has 0 N–H and O–H groups in total. The van der Waals surface area contributed by atoms with Crippen molar-refractivity contribution in [3.05, 3.63) is 0 Å². The Balaban J connectivity index is 2.30. The van der Waals surface area contributed by atoms with Gasteiger partial charge in [0.05, 0.1) is 0 Å². The van der Waals surface area contributed by atoms with E-state index in [1.54, 1.807) is 0 Å². The van der Waals surface area contributed by atoms with Gasteiger partial charge in [0, 0.05) is 23.4 Å². The first-order chi connectivity index (χ1) is 5.38. The van der Waals surface area contributed by atoms with Crippen molar-refractivity contribution in [2.45, 2.75) is 31.1 Å². The Hall–Kier alpha value is 0.200. The molecular weight excluding hydrogens is 265 g/mol. The summed E-state index contributed by atoms with van der Waals surface area (Å²) in [6.45, 7) is 8.22. The second-order valence-electron chi connectivity index (χ2n) is 4.63. The van der Waals surface area contributed by atoms with Crippen LogP contribution >= 0.6 is 22.6 Å². The van der Waals surface area contributed by atoms with Gasteiger partial charge in [-0.15, -0.1) is 0 Å². The minimum atomic E-state index is 0.132. The third-order valence-electron chi connectivity index (χ3n) is 1.87. The predicted octanol–water partition coefficient (Wildman–Crippen LogP) is 2.07. The highest BCUT2D eigenvalue weighted by molar-refractivity contribution is 14.1. The van der Waals surface area contributed by atoms with E-state index < -0.39 is 0 Å². The molecule has 0 unspecified atom stereocenters. The van der Waals surface area contributed by atoms with Crippen molar-refractivity contribution in [3.8, 4) is 0 Å². The zero-order valence-corrected chi connectivity index (χ0v) is 10.1. The molecular formula is C9H16INO. The molecule has 0 bridgehead atoms. The van der Waals surface area contributed by atoms with Crippen molar-refractivity contribution < 1.29 is 4.79 Å². The van der Waals surface area contributed by atoms with Crippen molar-refractivity contribution in [1.29, 1.82) is 0 Å². The van der Waals surface area contributed by atoms with E-state index in [1.807, 2.05) is 4.90 Å². The van der Waals surface area contributed by atoms with Gasteiger partial charge in [-0.1, -0.05) is 43.4 Å². The summed E-state index contributed by atoms with van der Waals surface area (Å²) in [6.07, 6.45) is 0.677. The summed E-state index contributed by atoms with van der Waals surface area (Å²) in [4.78, 5) is 13.5. The third kappa shape index (κ3) is 2.92. The van der Waals surface area contributed by atoms with Crippen LogP contribution in [0.4, 0.5) is 0 Å². The van der Waals surface area contributed by atoms with Crippen LogP contribution < -0.4 is 0 Å². The fraction of sp³-hybridized carbons (Fsp3) is 0.889. The molecule has 0 aliphatic carbocycles. The molecule has 0 aromatic carbocycles. The van der Waals surface area contributed by atoms with Crippen LogP contribution in [0.25, 0.3) is 0 Å². The standard InChI is InChI=1S/C9H16INO/c1-9(2,3)4-8(12)11-5-7(10)6-11/h7H,4-6H2,1-3H3. The van der Waals surface area contributed by atoms with Crippen LogP contribution in [0, 0.1) is 5.41 Å². The number of hydrogen-bond donors (Lipinski definition) is 0. The molecule has 1 aliphatic heterocycles. The fourth-order valence-electron chi connectivity index (χ4n) is 1.19. The molecule has 0 radical (unpaired) electrons. The Bertz CT molecular complexity index is 179. The normalized spacial score (nSPS) is 19.2. The Labute approximate surface area is 87.8 Å². The van der Waals surface area contributed by atoms with Crippen molar-refractivity contribution in [2.24, 2.45) is 5.41 Å². The van der Waals surface area contributed by atoms with Gasteiger partial charge in [-0.3, -0.25) is 4.79 Å². The molecule has 2 nitrogen and oxygen atoms in total. The fourth-order valence-corrected chi connectivity index (χ4v) is 2.14. The first-order valence-corrected chi connectivity index (χ1v) is 5.55. The van der Waals surface area contributed by atoms with Crippen LogP contribution in [0.2, 0.25) is 0 Å². The number of likely N-dealkylation sites (tertiary alicyclic amines) is 1. The number of nitrogens with zero attached hydrogens (tertiary/aromatic N) is 1. The van der Waals surface area contributed by atoms with Crippen LogP contribution in [0.3, 0.4) is 0 Å². The van der Waals surface area contributed by atoms with E-state index in [4.69, 9.17) is 0 Å². The highest BCUT2D eigenvalue weighted by atomic mass is 127. The molecule has 1 aliphatic rings. The highest BCUT2D eigenvalue weighted by Gasteiger charge is 2.30. The number of carbonyl (C=O) groups excluding carboxylic acids is 1. The Morgan fingerprint density at radius 1 is 1.50 bits per heavy atom. The van der Waals surface area contributed by atoms with E-state index in [1.165, 1.54) is 0 Å². The molecule has 0 saturated carbocycles. The van der Waals surface area contributed by atoms with Crippen LogP contribution in [-0.2, 0) is 4.79 Å². The number of alkyl halides is 1. The molecule has 0 aromatic heterocycles. The summed E-state index contributed by atoms with van der Waals surface area (Å²) in [5, 5.41) is 0. The summed E-state index contributed by atoms with van der Waals surface area (Å²) in [5.74, 6) is 0.315. The van der Waals surface area contributed by atoms with Crippen LogP contribution in [0.15, 0.2) is 0 Å². The lowest BCUT2D eigenvalue weighted by molar-refractivity contribution is -0.135. The second-order valence-corrected chi connectivity index (χ2v) is 6.40. The molecule has 0 atom stereocenters. The summed E-state index contributed by atoms with van der Waals surface area (Å²) in [6, 6.07) is 0. The summed E-state index contributed by atoms with van der Waals surface area (Å²) >= 11 is 2.39. The molecule has 0 aromatic rings. The number of hydrogen-bond acceptors (Lipinski definition) is 1. The number of carbonyl (C=O) groups is 1. The second kappa shape index (κ2) is 3.52. The SMILES string of the molecule is CC(C)(C)CC(=O)N1CC(I)C1. The summed E-state index contributed by atoms with van der Waals surface area (Å²) in [7, 11) is 0. The molecule has 1 rings (SSSR count). The lowest BCUT2D eigenvalue weighted by Gasteiger charge is -2.37. The number of rotatable bonds is 1. The number of amides is 1. The van der Waals surface area contributed by atoms with E-state index in [-0.39, 0.29) is 5.41 Å². The van der Waals surface area contributed by atoms with E-state index in [9.17, 15) is 4.79 Å². The van der Waals surface area contributed by atoms with Gasteiger partial charge in [0.25, 0.3) is 0 Å². The highest BCUT2D eigenvalue weighted by Crippen LogP contribution is 2.23. The van der Waals surface area contributed by atoms with Crippen molar-refractivity contribution in [2.75, 3.05) is 13.1 Å². The topological polar surface area (TPSA) is 20.3 Å². The summed E-state index contributed by atoms with van der Waals surface area (Å²) < 4.78 is 0.687. The van der Waals surface area contributed by atoms with Crippen LogP contribution in [0.5, 0.6) is 0 Å². The molecule has 1 saturated heterocycles. The van der Waals surface area contributed by atoms with Gasteiger partial charge in [0.15, 0.2) is 0 Å². The van der Waals surface area contributed by atoms with E-state index in [0.717, 1.165) is 13.1 Å². The average molecular weight is 281 g/mol. The molecule has 1 amide bonds. The van der Waals surface area contributed by atoms with Crippen molar-refractivity contribution in [1.82, 2.24) is 4.90 Å². The van der Waals surface area contributed by atoms with E-state index in [2.05, 4.69) is 43.4 Å². The molecule has 0 spiro atoms. The molecule has 1 heterocycles. The minimum Gasteiger partial charge on any atom is -0.340 e. The lowest BCUT2D eigenvalue weighted by Crippen LogP contribution is -2.51. The summed E-state index contributed by atoms with van der Waals surface area (Å²) in [5.41, 5.74) is 0.132. The van der Waals surface area contributed by atoms with Gasteiger partial charge in [0.1, 0.15) is 0 Å². The van der Waals surface area contributed by atoms with Crippen molar-refractivity contribution in [3.63, 3.8) is 0 Å². The van der Waals surface area contributed by atoms with Gasteiger partial charge in [-0.05, 0) is 5.41 Å². The minimum absolute atomic E-state index is 0.132. The zero-order chi connectivity index (χ0) is 9.35. The average Bonchev–Trinajstić information content (AvgIpc) is 1.76. The van der Waals surface area contributed by atoms with Crippen LogP contribution in [0.1, 0.15) is 27.2 Å².